The normalized spacial score (nSPS) is 11.4. The predicted octanol–water partition coefficient (Wildman–Crippen LogP) is 4.43. The molecule has 19 heavy (non-hydrogen) atoms. The number of thiophene rings is 1. The number of para-hydroxylation sites is 1. The van der Waals surface area contributed by atoms with E-state index in [-0.39, 0.29) is 5.78 Å². The Morgan fingerprint density at radius 1 is 1.21 bits per heavy atom. The van der Waals surface area contributed by atoms with Gasteiger partial charge in [-0.05, 0) is 37.3 Å². The molecule has 1 N–H and O–H groups in total. The van der Waals surface area contributed by atoms with Crippen LogP contribution < -0.4 is 0 Å². The van der Waals surface area contributed by atoms with Gasteiger partial charge in [0.05, 0.1) is 0 Å². The molecule has 0 saturated heterocycles. The van der Waals surface area contributed by atoms with Crippen LogP contribution in [0.15, 0.2) is 48.7 Å². The Morgan fingerprint density at radius 2 is 2.05 bits per heavy atom. The van der Waals surface area contributed by atoms with Crippen molar-refractivity contribution in [2.45, 2.75) is 6.92 Å². The quantitative estimate of drug-likeness (QED) is 0.552. The fourth-order valence-corrected chi connectivity index (χ4v) is 2.85. The number of ketones is 1. The molecule has 0 unspecified atom stereocenters. The highest BCUT2D eigenvalue weighted by Gasteiger charge is 2.08. The molecular formula is C16H13NOS. The van der Waals surface area contributed by atoms with E-state index in [0.29, 0.717) is 0 Å². The number of rotatable bonds is 3. The lowest BCUT2D eigenvalue weighted by Crippen LogP contribution is -1.91. The second-order valence-corrected chi connectivity index (χ2v) is 5.71. The first-order chi connectivity index (χ1) is 9.24. The minimum absolute atomic E-state index is 0.0310. The maximum Gasteiger partial charge on any atom is 0.188 e. The number of benzene rings is 1. The topological polar surface area (TPSA) is 32.9 Å². The Labute approximate surface area is 115 Å². The summed E-state index contributed by atoms with van der Waals surface area (Å²) in [7, 11) is 0. The zero-order valence-electron chi connectivity index (χ0n) is 10.5. The number of allylic oxidation sites excluding steroid dienone is 1. The first-order valence-corrected chi connectivity index (χ1v) is 6.90. The Morgan fingerprint density at radius 3 is 2.84 bits per heavy atom. The van der Waals surface area contributed by atoms with Gasteiger partial charge in [-0.15, -0.1) is 11.3 Å². The summed E-state index contributed by atoms with van der Waals surface area (Å²) in [6, 6.07) is 11.9. The van der Waals surface area contributed by atoms with Gasteiger partial charge in [-0.1, -0.05) is 18.2 Å². The lowest BCUT2D eigenvalue weighted by Gasteiger charge is -1.92. The number of carbonyl (C=O) groups is 1. The van der Waals surface area contributed by atoms with Gasteiger partial charge in [-0.2, -0.15) is 0 Å². The van der Waals surface area contributed by atoms with Crippen molar-refractivity contribution in [3.05, 3.63) is 64.0 Å². The molecule has 0 aliphatic rings. The van der Waals surface area contributed by atoms with E-state index in [1.165, 1.54) is 4.88 Å². The third-order valence-corrected chi connectivity index (χ3v) is 3.98. The van der Waals surface area contributed by atoms with Gasteiger partial charge < -0.3 is 4.98 Å². The van der Waals surface area contributed by atoms with E-state index in [9.17, 15) is 4.79 Å². The fraction of sp³-hybridized carbons (Fsp3) is 0.0625. The zero-order chi connectivity index (χ0) is 13.2. The SMILES string of the molecule is Cc1ccc(/C=C/C(=O)c2c[nH]c3ccccc23)s1. The molecule has 0 aliphatic heterocycles. The molecule has 0 amide bonds. The van der Waals surface area contributed by atoms with Crippen molar-refractivity contribution in [1.82, 2.24) is 4.98 Å². The van der Waals surface area contributed by atoms with Crippen LogP contribution in [0.3, 0.4) is 0 Å². The summed E-state index contributed by atoms with van der Waals surface area (Å²) in [5, 5.41) is 0.972. The van der Waals surface area contributed by atoms with E-state index < -0.39 is 0 Å². The van der Waals surface area contributed by atoms with Crippen LogP contribution >= 0.6 is 11.3 Å². The number of H-pyrrole nitrogens is 1. The van der Waals surface area contributed by atoms with Crippen molar-refractivity contribution in [2.75, 3.05) is 0 Å². The molecule has 2 aromatic heterocycles. The van der Waals surface area contributed by atoms with Crippen molar-refractivity contribution in [3.63, 3.8) is 0 Å². The van der Waals surface area contributed by atoms with Gasteiger partial charge in [0, 0.05) is 32.4 Å². The van der Waals surface area contributed by atoms with E-state index in [4.69, 9.17) is 0 Å². The molecule has 0 bridgehead atoms. The number of nitrogens with one attached hydrogen (secondary N) is 1. The molecule has 1 aromatic carbocycles. The van der Waals surface area contributed by atoms with E-state index in [1.807, 2.05) is 36.4 Å². The number of hydrogen-bond acceptors (Lipinski definition) is 2. The molecule has 0 saturated carbocycles. The summed E-state index contributed by atoms with van der Waals surface area (Å²) in [5.74, 6) is 0.0310. The van der Waals surface area contributed by atoms with Crippen LogP contribution in [-0.2, 0) is 0 Å². The number of hydrogen-bond donors (Lipinski definition) is 1. The van der Waals surface area contributed by atoms with Gasteiger partial charge in [-0.3, -0.25) is 4.79 Å². The fourth-order valence-electron chi connectivity index (χ4n) is 2.07. The number of aromatic amines is 1. The summed E-state index contributed by atoms with van der Waals surface area (Å²) in [4.78, 5) is 17.7. The van der Waals surface area contributed by atoms with E-state index in [1.54, 1.807) is 23.6 Å². The molecule has 0 fully saturated rings. The maximum atomic E-state index is 12.2. The van der Waals surface area contributed by atoms with Crippen LogP contribution in [0.2, 0.25) is 0 Å². The molecular weight excluding hydrogens is 254 g/mol. The molecule has 0 atom stereocenters. The summed E-state index contributed by atoms with van der Waals surface area (Å²) in [5.41, 5.74) is 1.71. The van der Waals surface area contributed by atoms with Crippen LogP contribution in [0, 0.1) is 6.92 Å². The number of fused-ring (bicyclic) bond motifs is 1. The Bertz CT molecular complexity index is 764. The minimum Gasteiger partial charge on any atom is -0.360 e. The third-order valence-electron chi connectivity index (χ3n) is 3.01. The van der Waals surface area contributed by atoms with Gasteiger partial charge >= 0.3 is 0 Å². The predicted molar refractivity (Wildman–Crippen MR) is 80.7 cm³/mol. The van der Waals surface area contributed by atoms with Gasteiger partial charge in [0.1, 0.15) is 0 Å². The first-order valence-electron chi connectivity index (χ1n) is 6.09. The van der Waals surface area contributed by atoms with Crippen LogP contribution in [0.1, 0.15) is 20.1 Å². The van der Waals surface area contributed by atoms with Crippen LogP contribution in [0.25, 0.3) is 17.0 Å². The number of aryl methyl sites for hydroxylation is 1. The average Bonchev–Trinajstić information content (AvgIpc) is 3.02. The Balaban J connectivity index is 1.90. The van der Waals surface area contributed by atoms with Gasteiger partial charge in [-0.25, -0.2) is 0 Å². The minimum atomic E-state index is 0.0310. The molecule has 0 aliphatic carbocycles. The Kier molecular flexibility index (Phi) is 3.05. The largest absolute Gasteiger partial charge is 0.360 e. The van der Waals surface area contributed by atoms with Crippen LogP contribution in [0.4, 0.5) is 0 Å². The second kappa shape index (κ2) is 4.86. The first kappa shape index (κ1) is 11.9. The molecule has 94 valence electrons. The molecule has 2 heterocycles. The number of aromatic nitrogens is 1. The lowest BCUT2D eigenvalue weighted by atomic mass is 10.1. The van der Waals surface area contributed by atoms with Crippen molar-refractivity contribution in [3.8, 4) is 0 Å². The zero-order valence-corrected chi connectivity index (χ0v) is 11.3. The molecule has 0 radical (unpaired) electrons. The lowest BCUT2D eigenvalue weighted by molar-refractivity contribution is 0.104. The molecule has 3 heteroatoms. The summed E-state index contributed by atoms with van der Waals surface area (Å²) in [6.07, 6.45) is 5.29. The molecule has 3 rings (SSSR count). The van der Waals surface area contributed by atoms with Crippen molar-refractivity contribution >= 4 is 34.1 Å². The second-order valence-electron chi connectivity index (χ2n) is 4.39. The Hall–Kier alpha value is -2.13. The van der Waals surface area contributed by atoms with E-state index >= 15 is 0 Å². The smallest absolute Gasteiger partial charge is 0.188 e. The highest BCUT2D eigenvalue weighted by molar-refractivity contribution is 7.12. The van der Waals surface area contributed by atoms with E-state index in [0.717, 1.165) is 21.3 Å². The van der Waals surface area contributed by atoms with Crippen molar-refractivity contribution < 1.29 is 4.79 Å². The number of carbonyl (C=O) groups excluding carboxylic acids is 1. The average molecular weight is 267 g/mol. The molecule has 2 nitrogen and oxygen atoms in total. The summed E-state index contributed by atoms with van der Waals surface area (Å²) in [6.45, 7) is 2.06. The maximum absolute atomic E-state index is 12.2. The van der Waals surface area contributed by atoms with Gasteiger partial charge in [0.15, 0.2) is 5.78 Å². The summed E-state index contributed by atoms with van der Waals surface area (Å²) >= 11 is 1.68. The monoisotopic (exact) mass is 267 g/mol. The van der Waals surface area contributed by atoms with Gasteiger partial charge in [0.25, 0.3) is 0 Å². The van der Waals surface area contributed by atoms with Crippen molar-refractivity contribution in [1.29, 1.82) is 0 Å². The van der Waals surface area contributed by atoms with E-state index in [2.05, 4.69) is 18.0 Å². The standard InChI is InChI=1S/C16H13NOS/c1-11-6-7-12(19-11)8-9-16(18)14-10-17-15-5-3-2-4-13(14)15/h2-10,17H,1H3/b9-8+. The highest BCUT2D eigenvalue weighted by atomic mass is 32.1. The van der Waals surface area contributed by atoms with Crippen LogP contribution in [0.5, 0.6) is 0 Å². The summed E-state index contributed by atoms with van der Waals surface area (Å²) < 4.78 is 0. The highest BCUT2D eigenvalue weighted by Crippen LogP contribution is 2.20. The molecule has 0 spiro atoms. The van der Waals surface area contributed by atoms with Crippen molar-refractivity contribution in [2.24, 2.45) is 0 Å². The van der Waals surface area contributed by atoms with Crippen LogP contribution in [-0.4, -0.2) is 10.8 Å². The molecule has 3 aromatic rings. The third kappa shape index (κ3) is 2.37. The van der Waals surface area contributed by atoms with Gasteiger partial charge in [0.2, 0.25) is 0 Å².